The molecule has 1 fully saturated rings. The molecule has 1 saturated heterocycles. The third-order valence-corrected chi connectivity index (χ3v) is 2.47. The van der Waals surface area contributed by atoms with Crippen LogP contribution in [0.1, 0.15) is 27.7 Å². The van der Waals surface area contributed by atoms with Crippen LogP contribution in [0.4, 0.5) is 0 Å². The largest absolute Gasteiger partial charge is 0.463 e. The van der Waals surface area contributed by atoms with Crippen LogP contribution in [0, 0.1) is 0 Å². The molecule has 0 aliphatic carbocycles. The van der Waals surface area contributed by atoms with Crippen LogP contribution < -0.4 is 0 Å². The number of ether oxygens (including phenoxy) is 2. The lowest BCUT2D eigenvalue weighted by Crippen LogP contribution is -2.26. The van der Waals surface area contributed by atoms with Crippen LogP contribution in [0.5, 0.6) is 0 Å². The van der Waals surface area contributed by atoms with Crippen molar-refractivity contribution in [2.24, 2.45) is 0 Å². The van der Waals surface area contributed by atoms with E-state index < -0.39 is 11.4 Å². The third kappa shape index (κ3) is 2.30. The lowest BCUT2D eigenvalue weighted by molar-refractivity contribution is -0.151. The molecule has 0 N–H and O–H groups in total. The van der Waals surface area contributed by atoms with E-state index in [9.17, 15) is 0 Å². The average Bonchev–Trinajstić information content (AvgIpc) is 2.17. The summed E-state index contributed by atoms with van der Waals surface area (Å²) < 4.78 is 11.2. The summed E-state index contributed by atoms with van der Waals surface area (Å²) in [5.41, 5.74) is -0.491. The summed E-state index contributed by atoms with van der Waals surface area (Å²) in [7, 11) is 0. The molecule has 0 spiro atoms. The van der Waals surface area contributed by atoms with Crippen molar-refractivity contribution in [3.8, 4) is 0 Å². The predicted molar refractivity (Wildman–Crippen MR) is 53.9 cm³/mol. The Morgan fingerprint density at radius 2 is 1.85 bits per heavy atom. The second-order valence-corrected chi connectivity index (χ2v) is 4.71. The molecule has 0 radical (unpaired) electrons. The Morgan fingerprint density at radius 3 is 2.15 bits per heavy atom. The molecule has 1 aliphatic heterocycles. The monoisotopic (exact) mass is 224 g/mol. The summed E-state index contributed by atoms with van der Waals surface area (Å²) in [4.78, 5) is 0. The van der Waals surface area contributed by atoms with Crippen LogP contribution >= 0.6 is 23.2 Å². The zero-order chi connectivity index (χ0) is 10.3. The minimum atomic E-state index is -0.620. The highest BCUT2D eigenvalue weighted by molar-refractivity contribution is 6.36. The first-order valence-corrected chi connectivity index (χ1v) is 5.04. The van der Waals surface area contributed by atoms with Gasteiger partial charge in [-0.1, -0.05) is 11.6 Å². The Bertz CT molecular complexity index is 244. The molecule has 1 rings (SSSR count). The van der Waals surface area contributed by atoms with Crippen molar-refractivity contribution in [1.29, 1.82) is 0 Å². The summed E-state index contributed by atoms with van der Waals surface area (Å²) in [6, 6.07) is 0. The van der Waals surface area contributed by atoms with Gasteiger partial charge >= 0.3 is 0 Å². The van der Waals surface area contributed by atoms with Crippen LogP contribution in [0.15, 0.2) is 10.8 Å². The zero-order valence-electron chi connectivity index (χ0n) is 8.28. The molecule has 0 aromatic carbocycles. The van der Waals surface area contributed by atoms with Gasteiger partial charge in [0, 0.05) is 13.8 Å². The number of allylic oxidation sites excluding steroid dienone is 1. The second-order valence-electron chi connectivity index (χ2n) is 3.98. The van der Waals surface area contributed by atoms with Crippen LogP contribution in [0.3, 0.4) is 0 Å². The van der Waals surface area contributed by atoms with E-state index in [1.54, 1.807) is 0 Å². The van der Waals surface area contributed by atoms with Crippen molar-refractivity contribution >= 4 is 23.2 Å². The van der Waals surface area contributed by atoms with E-state index in [2.05, 4.69) is 0 Å². The fourth-order valence-corrected chi connectivity index (χ4v) is 1.88. The minimum absolute atomic E-state index is 0.250. The Balaban J connectivity index is 3.02. The van der Waals surface area contributed by atoms with Crippen molar-refractivity contribution in [2.45, 2.75) is 39.1 Å². The Kier molecular flexibility index (Phi) is 2.86. The molecule has 4 heteroatoms. The molecule has 2 nitrogen and oxygen atoms in total. The third-order valence-electron chi connectivity index (χ3n) is 1.76. The number of alkyl halides is 1. The SMILES string of the molecule is CC1(C)O/C(=C(\Cl)CCl)C(C)(C)O1. The molecule has 1 aliphatic rings. The van der Waals surface area contributed by atoms with E-state index in [0.29, 0.717) is 10.8 Å². The quantitative estimate of drug-likeness (QED) is 0.638. The van der Waals surface area contributed by atoms with Crippen molar-refractivity contribution < 1.29 is 9.47 Å². The van der Waals surface area contributed by atoms with E-state index in [0.717, 1.165) is 0 Å². The van der Waals surface area contributed by atoms with Crippen molar-refractivity contribution in [3.05, 3.63) is 10.8 Å². The maximum absolute atomic E-state index is 5.93. The van der Waals surface area contributed by atoms with E-state index in [-0.39, 0.29) is 5.88 Å². The molecule has 1 heterocycles. The number of hydrogen-bond acceptors (Lipinski definition) is 2. The predicted octanol–water partition coefficient (Wildman–Crippen LogP) is 3.24. The maximum atomic E-state index is 5.93. The zero-order valence-corrected chi connectivity index (χ0v) is 9.79. The molecular formula is C9H14Cl2O2. The Hall–Kier alpha value is 0.0800. The first kappa shape index (κ1) is 11.2. The van der Waals surface area contributed by atoms with Gasteiger partial charge in [0.2, 0.25) is 5.79 Å². The molecule has 13 heavy (non-hydrogen) atoms. The maximum Gasteiger partial charge on any atom is 0.205 e. The van der Waals surface area contributed by atoms with E-state index in [1.165, 1.54) is 0 Å². The fourth-order valence-electron chi connectivity index (χ4n) is 1.49. The minimum Gasteiger partial charge on any atom is -0.463 e. The number of hydrogen-bond donors (Lipinski definition) is 0. The summed E-state index contributed by atoms with van der Waals surface area (Å²) in [5, 5.41) is 0.511. The number of rotatable bonds is 1. The first-order chi connectivity index (χ1) is 5.78. The summed E-state index contributed by atoms with van der Waals surface area (Å²) >= 11 is 11.6. The molecule has 0 unspecified atom stereocenters. The summed E-state index contributed by atoms with van der Waals surface area (Å²) in [6.45, 7) is 7.51. The highest BCUT2D eigenvalue weighted by Gasteiger charge is 2.45. The van der Waals surface area contributed by atoms with E-state index >= 15 is 0 Å². The summed E-state index contributed by atoms with van der Waals surface area (Å²) in [5.74, 6) is 0.263. The molecule has 0 amide bonds. The van der Waals surface area contributed by atoms with Crippen molar-refractivity contribution in [3.63, 3.8) is 0 Å². The second kappa shape index (κ2) is 3.34. The van der Waals surface area contributed by atoms with Gasteiger partial charge in [0.05, 0.1) is 10.9 Å². The van der Waals surface area contributed by atoms with Gasteiger partial charge in [0.15, 0.2) is 0 Å². The Labute approximate surface area is 88.8 Å². The first-order valence-electron chi connectivity index (χ1n) is 4.13. The van der Waals surface area contributed by atoms with Crippen LogP contribution in [-0.4, -0.2) is 17.3 Å². The number of halogens is 2. The standard InChI is InChI=1S/C9H14Cl2O2/c1-8(2)7(6(11)5-10)12-9(3,4)13-8/h5H2,1-4H3/b7-6-. The van der Waals surface area contributed by atoms with Gasteiger partial charge in [-0.3, -0.25) is 0 Å². The molecule has 0 aromatic rings. The highest BCUT2D eigenvalue weighted by Crippen LogP contribution is 2.41. The molecule has 0 saturated carbocycles. The van der Waals surface area contributed by atoms with Crippen molar-refractivity contribution in [2.75, 3.05) is 5.88 Å². The molecule has 0 bridgehead atoms. The molecule has 0 aromatic heterocycles. The average molecular weight is 225 g/mol. The lowest BCUT2D eigenvalue weighted by atomic mass is 10.1. The van der Waals surface area contributed by atoms with Gasteiger partial charge in [-0.25, -0.2) is 0 Å². The fraction of sp³-hybridized carbons (Fsp3) is 0.778. The van der Waals surface area contributed by atoms with Gasteiger partial charge in [0.25, 0.3) is 0 Å². The normalized spacial score (nSPS) is 28.5. The van der Waals surface area contributed by atoms with Gasteiger partial charge in [-0.15, -0.1) is 11.6 Å². The van der Waals surface area contributed by atoms with E-state index in [4.69, 9.17) is 32.7 Å². The van der Waals surface area contributed by atoms with Gasteiger partial charge in [0.1, 0.15) is 11.4 Å². The molecular weight excluding hydrogens is 211 g/mol. The topological polar surface area (TPSA) is 18.5 Å². The van der Waals surface area contributed by atoms with Crippen LogP contribution in [0.25, 0.3) is 0 Å². The lowest BCUT2D eigenvalue weighted by Gasteiger charge is -2.18. The van der Waals surface area contributed by atoms with Gasteiger partial charge in [-0.05, 0) is 13.8 Å². The van der Waals surface area contributed by atoms with Crippen LogP contribution in [-0.2, 0) is 9.47 Å². The van der Waals surface area contributed by atoms with Gasteiger partial charge in [-0.2, -0.15) is 0 Å². The van der Waals surface area contributed by atoms with E-state index in [1.807, 2.05) is 27.7 Å². The van der Waals surface area contributed by atoms with Gasteiger partial charge < -0.3 is 9.47 Å². The molecule has 76 valence electrons. The molecule has 0 atom stereocenters. The smallest absolute Gasteiger partial charge is 0.205 e. The highest BCUT2D eigenvalue weighted by atomic mass is 35.5. The van der Waals surface area contributed by atoms with Crippen molar-refractivity contribution in [1.82, 2.24) is 0 Å². The Morgan fingerprint density at radius 1 is 1.31 bits per heavy atom. The summed E-state index contributed by atoms with van der Waals surface area (Å²) in [6.07, 6.45) is 0. The van der Waals surface area contributed by atoms with Crippen LogP contribution in [0.2, 0.25) is 0 Å².